The van der Waals surface area contributed by atoms with Gasteiger partial charge < -0.3 is 20.3 Å². The van der Waals surface area contributed by atoms with Crippen molar-refractivity contribution in [3.63, 3.8) is 0 Å². The summed E-state index contributed by atoms with van der Waals surface area (Å²) in [7, 11) is -2.85. The molecule has 0 amide bonds. The summed E-state index contributed by atoms with van der Waals surface area (Å²) in [5.41, 5.74) is 8.59. The van der Waals surface area contributed by atoms with E-state index in [2.05, 4.69) is 24.5 Å². The van der Waals surface area contributed by atoms with Crippen molar-refractivity contribution in [1.29, 1.82) is 0 Å². The Morgan fingerprint density at radius 3 is 2.47 bits per heavy atom. The Morgan fingerprint density at radius 1 is 1.00 bits per heavy atom. The number of halogens is 2. The zero-order chi connectivity index (χ0) is 29.9. The van der Waals surface area contributed by atoms with Crippen LogP contribution in [0.4, 0.5) is 26.2 Å². The minimum atomic E-state index is -2.85. The van der Waals surface area contributed by atoms with Gasteiger partial charge in [0.05, 0.1) is 30.0 Å². The number of rotatable bonds is 9. The van der Waals surface area contributed by atoms with Gasteiger partial charge in [0.15, 0.2) is 5.82 Å². The second kappa shape index (κ2) is 12.7. The van der Waals surface area contributed by atoms with E-state index in [4.69, 9.17) is 20.4 Å². The molecule has 1 unspecified atom stereocenters. The lowest BCUT2D eigenvalue weighted by Gasteiger charge is -2.30. The maximum absolute atomic E-state index is 16.0. The maximum Gasteiger partial charge on any atom is 0.219 e. The maximum atomic E-state index is 16.0. The van der Waals surface area contributed by atoms with Crippen LogP contribution in [0.5, 0.6) is 0 Å². The Bertz CT molecular complexity index is 1690. The molecule has 4 heterocycles. The normalized spacial score (nSPS) is 16.3. The highest BCUT2D eigenvalue weighted by molar-refractivity contribution is 7.70. The van der Waals surface area contributed by atoms with E-state index < -0.39 is 22.9 Å². The van der Waals surface area contributed by atoms with E-state index in [9.17, 15) is 8.42 Å². The molecule has 0 radical (unpaired) electrons. The average Bonchev–Trinajstić information content (AvgIpc) is 3.56. The van der Waals surface area contributed by atoms with E-state index in [-0.39, 0.29) is 30.0 Å². The number of hydrogen-bond donors (Lipinski definition) is 3. The first kappa shape index (κ1) is 29.1. The molecular weight excluding hydrogens is 578 g/mol. The Morgan fingerprint density at radius 2 is 1.74 bits per heavy atom. The molecule has 1 atom stereocenters. The molecule has 2 fully saturated rings. The molecule has 2 aromatic carbocycles. The van der Waals surface area contributed by atoms with Crippen molar-refractivity contribution in [3.05, 3.63) is 54.1 Å². The van der Waals surface area contributed by atoms with Crippen LogP contribution in [-0.2, 0) is 15.6 Å². The first-order valence-electron chi connectivity index (χ1n) is 14.2. The van der Waals surface area contributed by atoms with Gasteiger partial charge in [-0.15, -0.1) is 0 Å². The van der Waals surface area contributed by atoms with Crippen molar-refractivity contribution >= 4 is 39.2 Å². The van der Waals surface area contributed by atoms with Gasteiger partial charge in [-0.2, -0.15) is 0 Å². The standard InChI is InChI=1S/C29H32F2N8O3S/c30-23(6-7-35-43(40)41)21-5-3-4-20(25(21)31)18-14-22-26(24(15-18)38-8-1-2-9-38)36-27(19-16-33-29(32)34-17-19)37-28(22)39-10-12-42-13-11-39/h3-5,14-17,23,43H,1-2,6-13H2,(H2,32,33,34)(H,35,40,41). The summed E-state index contributed by atoms with van der Waals surface area (Å²) >= 11 is 0. The molecule has 6 rings (SSSR count). The van der Waals surface area contributed by atoms with Gasteiger partial charge in [-0.25, -0.2) is 41.9 Å². The molecule has 14 heteroatoms. The quantitative estimate of drug-likeness (QED) is 0.242. The Hall–Kier alpha value is -4.01. The number of ether oxygens (including phenoxy) is 1. The van der Waals surface area contributed by atoms with Crippen molar-refractivity contribution in [2.45, 2.75) is 25.4 Å². The number of nitrogens with one attached hydrogen (secondary N) is 1. The van der Waals surface area contributed by atoms with Crippen LogP contribution >= 0.6 is 0 Å². The van der Waals surface area contributed by atoms with Crippen molar-refractivity contribution < 1.29 is 21.9 Å². The zero-order valence-electron chi connectivity index (χ0n) is 23.4. The molecule has 2 aliphatic rings. The first-order chi connectivity index (χ1) is 20.9. The summed E-state index contributed by atoms with van der Waals surface area (Å²) in [6, 6.07) is 8.41. The summed E-state index contributed by atoms with van der Waals surface area (Å²) in [6.45, 7) is 3.82. The van der Waals surface area contributed by atoms with Gasteiger partial charge >= 0.3 is 0 Å². The van der Waals surface area contributed by atoms with Gasteiger partial charge in [-0.3, -0.25) is 0 Å². The van der Waals surface area contributed by atoms with Crippen LogP contribution in [-0.4, -0.2) is 74.3 Å². The Labute approximate surface area is 249 Å². The Balaban J connectivity index is 1.52. The highest BCUT2D eigenvalue weighted by Crippen LogP contribution is 2.40. The minimum Gasteiger partial charge on any atom is -0.378 e. The number of aromatic nitrogens is 4. The van der Waals surface area contributed by atoms with E-state index in [0.29, 0.717) is 54.6 Å². The molecule has 0 bridgehead atoms. The summed E-state index contributed by atoms with van der Waals surface area (Å²) < 4.78 is 60.5. The molecule has 0 spiro atoms. The minimum absolute atomic E-state index is 0.119. The highest BCUT2D eigenvalue weighted by atomic mass is 32.2. The van der Waals surface area contributed by atoms with Gasteiger partial charge in [0, 0.05) is 61.6 Å². The molecule has 3 N–H and O–H groups in total. The number of nitrogens with zero attached hydrogens (tertiary/aromatic N) is 6. The summed E-state index contributed by atoms with van der Waals surface area (Å²) in [5, 5.41) is 0.742. The molecular formula is C29H32F2N8O3S. The fourth-order valence-electron chi connectivity index (χ4n) is 5.60. The van der Waals surface area contributed by atoms with E-state index >= 15 is 8.78 Å². The van der Waals surface area contributed by atoms with E-state index in [1.165, 1.54) is 6.07 Å². The van der Waals surface area contributed by atoms with Crippen molar-refractivity contribution in [2.75, 3.05) is 61.5 Å². The van der Waals surface area contributed by atoms with Crippen molar-refractivity contribution in [2.24, 2.45) is 0 Å². The largest absolute Gasteiger partial charge is 0.378 e. The second-order valence-corrected chi connectivity index (χ2v) is 11.3. The van der Waals surface area contributed by atoms with Crippen LogP contribution in [0.15, 0.2) is 42.7 Å². The number of morpholine rings is 1. The molecule has 2 aliphatic heterocycles. The first-order valence-corrected chi connectivity index (χ1v) is 15.4. The van der Waals surface area contributed by atoms with Crippen LogP contribution in [0.2, 0.25) is 0 Å². The SMILES string of the molecule is Nc1ncc(-c2nc(N3CCOCC3)c3cc(-c4cccc(C(F)CCN[SH](=O)=O)c4F)cc(N4CCCC4)c3n2)cn1. The number of thiol groups is 1. The van der Waals surface area contributed by atoms with Gasteiger partial charge in [-0.1, -0.05) is 18.2 Å². The smallest absolute Gasteiger partial charge is 0.219 e. The molecule has 2 saturated heterocycles. The molecule has 11 nitrogen and oxygen atoms in total. The topological polar surface area (TPSA) is 139 Å². The number of nitrogens with two attached hydrogens (primary N) is 1. The number of nitrogen functional groups attached to an aromatic ring is 1. The molecule has 2 aromatic heterocycles. The van der Waals surface area contributed by atoms with E-state index in [1.807, 2.05) is 12.1 Å². The summed E-state index contributed by atoms with van der Waals surface area (Å²) in [4.78, 5) is 22.6. The molecule has 0 aliphatic carbocycles. The third-order valence-corrected chi connectivity index (χ3v) is 8.25. The van der Waals surface area contributed by atoms with Crippen LogP contribution in [0, 0.1) is 5.82 Å². The van der Waals surface area contributed by atoms with Crippen molar-refractivity contribution in [1.82, 2.24) is 24.7 Å². The monoisotopic (exact) mass is 610 g/mol. The summed E-state index contributed by atoms with van der Waals surface area (Å²) in [5.74, 6) is 0.596. The lowest BCUT2D eigenvalue weighted by molar-refractivity contribution is 0.122. The van der Waals surface area contributed by atoms with E-state index in [0.717, 1.165) is 37.0 Å². The van der Waals surface area contributed by atoms with Crippen molar-refractivity contribution in [3.8, 4) is 22.5 Å². The van der Waals surface area contributed by atoms with Crippen LogP contribution in [0.1, 0.15) is 31.0 Å². The lowest BCUT2D eigenvalue weighted by Crippen LogP contribution is -2.37. The van der Waals surface area contributed by atoms with Gasteiger partial charge in [0.25, 0.3) is 0 Å². The third kappa shape index (κ3) is 6.21. The fourth-order valence-corrected chi connectivity index (χ4v) is 5.92. The van der Waals surface area contributed by atoms with Gasteiger partial charge in [-0.05, 0) is 37.0 Å². The molecule has 0 saturated carbocycles. The second-order valence-electron chi connectivity index (χ2n) is 10.5. The third-order valence-electron chi connectivity index (χ3n) is 7.76. The molecule has 4 aromatic rings. The highest BCUT2D eigenvalue weighted by Gasteiger charge is 2.25. The Kier molecular flexibility index (Phi) is 8.58. The van der Waals surface area contributed by atoms with Crippen LogP contribution in [0.25, 0.3) is 33.4 Å². The zero-order valence-corrected chi connectivity index (χ0v) is 24.3. The number of benzene rings is 2. The molecule has 226 valence electrons. The van der Waals surface area contributed by atoms with Crippen LogP contribution < -0.4 is 20.3 Å². The number of hydrogen-bond acceptors (Lipinski definition) is 10. The summed E-state index contributed by atoms with van der Waals surface area (Å²) in [6.07, 6.45) is 3.35. The predicted octanol–water partition coefficient (Wildman–Crippen LogP) is 3.43. The predicted molar refractivity (Wildman–Crippen MR) is 162 cm³/mol. The number of fused-ring (bicyclic) bond motifs is 1. The van der Waals surface area contributed by atoms with Gasteiger partial charge in [0.2, 0.25) is 16.8 Å². The lowest BCUT2D eigenvalue weighted by atomic mass is 9.96. The average molecular weight is 611 g/mol. The fraction of sp³-hybridized carbons (Fsp3) is 0.379. The van der Waals surface area contributed by atoms with Gasteiger partial charge in [0.1, 0.15) is 17.8 Å². The number of alkyl halides is 1. The van der Waals surface area contributed by atoms with Crippen LogP contribution in [0.3, 0.4) is 0 Å². The van der Waals surface area contributed by atoms with E-state index in [1.54, 1.807) is 24.5 Å². The number of anilines is 3. The molecule has 43 heavy (non-hydrogen) atoms.